The highest BCUT2D eigenvalue weighted by atomic mass is 19.4. The van der Waals surface area contributed by atoms with Crippen molar-refractivity contribution in [2.75, 3.05) is 6.61 Å². The van der Waals surface area contributed by atoms with E-state index in [0.29, 0.717) is 0 Å². The van der Waals surface area contributed by atoms with Crippen molar-refractivity contribution in [1.29, 1.82) is 0 Å². The highest BCUT2D eigenvalue weighted by molar-refractivity contribution is 5.89. The molecular weight excluding hydrogens is 587 g/mol. The third-order valence-electron chi connectivity index (χ3n) is 4.84. The summed E-state index contributed by atoms with van der Waals surface area (Å²) in [6, 6.07) is 0. The minimum Gasteiger partial charge on any atom is -0.460 e. The van der Waals surface area contributed by atoms with E-state index < -0.39 is 83.7 Å². The molecule has 3 nitrogen and oxygen atoms in total. The van der Waals surface area contributed by atoms with Gasteiger partial charge < -0.3 is 9.84 Å². The Labute approximate surface area is 201 Å². The molecule has 0 aromatic rings. The number of rotatable bonds is 11. The van der Waals surface area contributed by atoms with Crippen molar-refractivity contribution >= 4 is 5.97 Å². The molecule has 38 heavy (non-hydrogen) atoms. The molecule has 1 unspecified atom stereocenters. The monoisotopic (exact) mass is 604 g/mol. The van der Waals surface area contributed by atoms with Crippen LogP contribution in [0.5, 0.6) is 0 Å². The van der Waals surface area contributed by atoms with Crippen LogP contribution in [0.2, 0.25) is 0 Å². The van der Waals surface area contributed by atoms with Gasteiger partial charge in [-0.25, -0.2) is 4.79 Å². The van der Waals surface area contributed by atoms with Crippen LogP contribution >= 0.6 is 0 Å². The smallest absolute Gasteiger partial charge is 0.460 e. The van der Waals surface area contributed by atoms with Crippen LogP contribution in [0.15, 0.2) is 12.2 Å². The number of carbonyl (C=O) groups excluding carboxylic acids is 1. The van der Waals surface area contributed by atoms with Crippen LogP contribution in [0.3, 0.4) is 0 Å². The van der Waals surface area contributed by atoms with Crippen LogP contribution < -0.4 is 0 Å². The summed E-state index contributed by atoms with van der Waals surface area (Å²) in [4.78, 5) is 11.6. The van der Waals surface area contributed by atoms with E-state index in [1.165, 1.54) is 20.8 Å². The highest BCUT2D eigenvalue weighted by Gasteiger charge is 2.95. The normalized spacial score (nSPS) is 16.3. The van der Waals surface area contributed by atoms with Gasteiger partial charge in [0.1, 0.15) is 6.61 Å². The summed E-state index contributed by atoms with van der Waals surface area (Å²) < 4.78 is 229. The number of carbonyl (C=O) groups is 1. The fraction of sp³-hybridized carbons (Fsp3) is 0.833. The van der Waals surface area contributed by atoms with Gasteiger partial charge >= 0.3 is 53.6 Å². The van der Waals surface area contributed by atoms with Crippen molar-refractivity contribution < 1.29 is 89.3 Å². The van der Waals surface area contributed by atoms with Gasteiger partial charge in [-0.1, -0.05) is 27.4 Å². The average Bonchev–Trinajstić information content (AvgIpc) is 2.68. The Kier molecular flexibility index (Phi) is 9.34. The lowest BCUT2D eigenvalue weighted by Crippen LogP contribution is -2.74. The summed E-state index contributed by atoms with van der Waals surface area (Å²) in [5.41, 5.74) is -1.49. The molecule has 0 aromatic heterocycles. The molecule has 0 fully saturated rings. The van der Waals surface area contributed by atoms with Crippen LogP contribution in [0.1, 0.15) is 27.2 Å². The quantitative estimate of drug-likeness (QED) is 0.159. The third kappa shape index (κ3) is 5.64. The number of esters is 1. The van der Waals surface area contributed by atoms with Crippen LogP contribution in [0, 0.1) is 5.41 Å². The lowest BCUT2D eigenvalue weighted by Gasteiger charge is -2.43. The first-order valence-corrected chi connectivity index (χ1v) is 9.44. The van der Waals surface area contributed by atoms with E-state index in [1.807, 2.05) is 0 Å². The van der Waals surface area contributed by atoms with Crippen LogP contribution in [-0.2, 0) is 9.53 Å². The van der Waals surface area contributed by atoms with Crippen LogP contribution in [0.4, 0.5) is 74.6 Å². The van der Waals surface area contributed by atoms with Gasteiger partial charge in [0.25, 0.3) is 0 Å². The number of alkyl halides is 17. The molecule has 0 rings (SSSR count). The molecule has 226 valence electrons. The molecule has 0 amide bonds. The van der Waals surface area contributed by atoms with E-state index in [1.54, 1.807) is 0 Å². The lowest BCUT2D eigenvalue weighted by atomic mass is 9.87. The second-order valence-electron chi connectivity index (χ2n) is 8.83. The SMILES string of the molecule is C=C(C(=O)OCC(O)CC(F)(F)C(F)(F)C(F)(F)C(F)(F)C(F)(F)C(F)(F)C(F)(F)C(F)(F)F)C(C)(C)C. The summed E-state index contributed by atoms with van der Waals surface area (Å²) >= 11 is 0. The number of hydrogen-bond acceptors (Lipinski definition) is 3. The zero-order chi connectivity index (χ0) is 31.4. The first kappa shape index (κ1) is 36.0. The molecule has 0 radical (unpaired) electrons. The second kappa shape index (κ2) is 9.87. The second-order valence-corrected chi connectivity index (χ2v) is 8.83. The maximum absolute atomic E-state index is 13.8. The molecule has 0 aliphatic rings. The molecular formula is C18H17F17O3. The van der Waals surface area contributed by atoms with Crippen molar-refractivity contribution in [3.8, 4) is 0 Å². The van der Waals surface area contributed by atoms with Gasteiger partial charge in [-0.05, 0) is 5.41 Å². The Hall–Kier alpha value is -2.02. The van der Waals surface area contributed by atoms with Crippen molar-refractivity contribution in [3.05, 3.63) is 12.2 Å². The van der Waals surface area contributed by atoms with Gasteiger partial charge in [0.2, 0.25) is 0 Å². The largest absolute Gasteiger partial charge is 0.460 e. The lowest BCUT2D eigenvalue weighted by molar-refractivity contribution is -0.462. The topological polar surface area (TPSA) is 46.5 Å². The Morgan fingerprint density at radius 3 is 1.29 bits per heavy atom. The zero-order valence-electron chi connectivity index (χ0n) is 18.9. The maximum Gasteiger partial charge on any atom is 0.460 e. The van der Waals surface area contributed by atoms with Gasteiger partial charge in [0, 0.05) is 12.0 Å². The third-order valence-corrected chi connectivity index (χ3v) is 4.84. The number of hydrogen-bond donors (Lipinski definition) is 1. The molecule has 0 aromatic carbocycles. The fourth-order valence-electron chi connectivity index (χ4n) is 2.24. The van der Waals surface area contributed by atoms with Gasteiger partial charge in [0.15, 0.2) is 0 Å². The van der Waals surface area contributed by atoms with E-state index >= 15 is 0 Å². The summed E-state index contributed by atoms with van der Waals surface area (Å²) in [6.45, 7) is 5.46. The molecule has 0 heterocycles. The van der Waals surface area contributed by atoms with Crippen LogP contribution in [0.25, 0.3) is 0 Å². The molecule has 1 atom stereocenters. The molecule has 20 heteroatoms. The fourth-order valence-corrected chi connectivity index (χ4v) is 2.24. The summed E-state index contributed by atoms with van der Waals surface area (Å²) in [7, 11) is 0. The van der Waals surface area contributed by atoms with Gasteiger partial charge in [-0.2, -0.15) is 74.6 Å². The van der Waals surface area contributed by atoms with Crippen molar-refractivity contribution in [2.45, 2.75) is 80.9 Å². The first-order valence-electron chi connectivity index (χ1n) is 9.44. The molecule has 0 aliphatic carbocycles. The van der Waals surface area contributed by atoms with Gasteiger partial charge in [-0.15, -0.1) is 0 Å². The summed E-state index contributed by atoms with van der Waals surface area (Å²) in [5.74, 6) is -58.9. The van der Waals surface area contributed by atoms with E-state index in [4.69, 9.17) is 0 Å². The van der Waals surface area contributed by atoms with E-state index in [9.17, 15) is 84.5 Å². The average molecular weight is 604 g/mol. The molecule has 0 saturated heterocycles. The highest BCUT2D eigenvalue weighted by Crippen LogP contribution is 2.64. The van der Waals surface area contributed by atoms with E-state index in [2.05, 4.69) is 11.3 Å². The minimum atomic E-state index is -8.73. The van der Waals surface area contributed by atoms with E-state index in [-0.39, 0.29) is 0 Å². The minimum absolute atomic E-state index is 0.424. The Balaban J connectivity index is 6.23. The van der Waals surface area contributed by atoms with Crippen molar-refractivity contribution in [2.24, 2.45) is 5.41 Å². The molecule has 0 aliphatic heterocycles. The number of aliphatic hydroxyl groups is 1. The Bertz CT molecular complexity index is 884. The predicted octanol–water partition coefficient (Wildman–Crippen LogP) is 6.89. The molecule has 0 spiro atoms. The van der Waals surface area contributed by atoms with Crippen LogP contribution in [-0.4, -0.2) is 71.4 Å². The maximum atomic E-state index is 13.8. The summed E-state index contributed by atoms with van der Waals surface area (Å²) in [5, 5.41) is 9.29. The van der Waals surface area contributed by atoms with Gasteiger partial charge in [0.05, 0.1) is 6.10 Å². The van der Waals surface area contributed by atoms with Crippen molar-refractivity contribution in [3.63, 3.8) is 0 Å². The number of aliphatic hydroxyl groups excluding tert-OH is 1. The molecule has 0 saturated carbocycles. The summed E-state index contributed by atoms with van der Waals surface area (Å²) in [6.07, 6.45) is -14.1. The van der Waals surface area contributed by atoms with Crippen molar-refractivity contribution in [1.82, 2.24) is 0 Å². The predicted molar refractivity (Wildman–Crippen MR) is 90.9 cm³/mol. The Morgan fingerprint density at radius 2 is 0.974 bits per heavy atom. The standard InChI is InChI=1S/C18H17F17O3/c1-7(10(2,3)4)9(37)38-6-8(36)5-11(19,20)12(21,22)13(23,24)14(25,26)15(27,28)16(29,30)17(31,32)18(33,34)35/h8,36H,1,5-6H2,2-4H3. The molecule has 1 N–H and O–H groups in total. The van der Waals surface area contributed by atoms with E-state index in [0.717, 1.165) is 0 Å². The Morgan fingerprint density at radius 1 is 0.658 bits per heavy atom. The first-order chi connectivity index (χ1) is 16.2. The zero-order valence-corrected chi connectivity index (χ0v) is 18.9. The number of ether oxygens (including phenoxy) is 1. The van der Waals surface area contributed by atoms with Gasteiger partial charge in [-0.3, -0.25) is 0 Å². The number of halogens is 17. The molecule has 0 bridgehead atoms.